The van der Waals surface area contributed by atoms with Gasteiger partial charge < -0.3 is 33.2 Å². The molecule has 10 heteroatoms. The lowest BCUT2D eigenvalue weighted by Gasteiger charge is -2.44. The summed E-state index contributed by atoms with van der Waals surface area (Å²) in [5, 5.41) is 10.8. The zero-order valence-corrected chi connectivity index (χ0v) is 18.4. The van der Waals surface area contributed by atoms with Crippen LogP contribution in [0, 0.1) is 5.92 Å². The summed E-state index contributed by atoms with van der Waals surface area (Å²) >= 11 is 0. The Hall–Kier alpha value is -2.69. The van der Waals surface area contributed by atoms with Crippen LogP contribution >= 0.6 is 0 Å². The van der Waals surface area contributed by atoms with Gasteiger partial charge in [-0.15, -0.1) is 0 Å². The summed E-state index contributed by atoms with van der Waals surface area (Å²) in [7, 11) is 1.27. The molecule has 33 heavy (non-hydrogen) atoms. The number of esters is 3. The molecule has 1 aromatic rings. The van der Waals surface area contributed by atoms with Crippen LogP contribution in [0.1, 0.15) is 60.6 Å². The average molecular weight is 460 g/mol. The standard InChI is InChI=1S/C23H24O10/c1-8-10-6-14(29-9(2)24)23-19(33-23)13(31-21(23)27)7-22(3)18(32-22)12-5-11(20(26)28-4)17(30-12)15(10)16(8)25/h5,10,13-16,18-19,25H,1,6-7H2,2-4H3/t10-,13-,14+,15?,16-,18+,19?,22+,23?/m0/s1. The Morgan fingerprint density at radius 1 is 1.30 bits per heavy atom. The monoisotopic (exact) mass is 460 g/mol. The molecule has 3 saturated heterocycles. The largest absolute Gasteiger partial charge is 0.465 e. The van der Waals surface area contributed by atoms with Crippen LogP contribution in [0.3, 0.4) is 0 Å². The highest BCUT2D eigenvalue weighted by Gasteiger charge is 2.79. The molecule has 1 aliphatic carbocycles. The number of fused-ring (bicyclic) bond motifs is 6. The molecule has 0 amide bonds. The minimum Gasteiger partial charge on any atom is -0.465 e. The Morgan fingerprint density at radius 2 is 2.06 bits per heavy atom. The van der Waals surface area contributed by atoms with Gasteiger partial charge in [-0.1, -0.05) is 6.58 Å². The summed E-state index contributed by atoms with van der Waals surface area (Å²) < 4.78 is 34.0. The molecule has 0 radical (unpaired) electrons. The van der Waals surface area contributed by atoms with Gasteiger partial charge in [-0.25, -0.2) is 9.59 Å². The normalized spacial score (nSPS) is 44.4. The van der Waals surface area contributed by atoms with E-state index in [-0.39, 0.29) is 17.7 Å². The molecule has 0 aromatic carbocycles. The summed E-state index contributed by atoms with van der Waals surface area (Å²) in [6, 6.07) is 1.58. The molecule has 1 N–H and O–H groups in total. The number of aliphatic hydroxyl groups excluding tert-OH is 1. The molecular formula is C23H24O10. The van der Waals surface area contributed by atoms with E-state index in [0.29, 0.717) is 17.8 Å². The molecule has 3 unspecified atom stereocenters. The van der Waals surface area contributed by atoms with Crippen LogP contribution in [0.15, 0.2) is 22.6 Å². The zero-order valence-electron chi connectivity index (χ0n) is 18.4. The second-order valence-corrected chi connectivity index (χ2v) is 9.69. The third kappa shape index (κ3) is 2.68. The fourth-order valence-corrected chi connectivity index (χ4v) is 5.89. The van der Waals surface area contributed by atoms with Crippen molar-refractivity contribution in [1.82, 2.24) is 0 Å². The first kappa shape index (κ1) is 20.9. The Labute approximate surface area is 188 Å². The number of furan rings is 1. The van der Waals surface area contributed by atoms with Gasteiger partial charge in [0.25, 0.3) is 0 Å². The maximum absolute atomic E-state index is 12.9. The average Bonchev–Trinajstić information content (AvgIpc) is 3.59. The highest BCUT2D eigenvalue weighted by Crippen LogP contribution is 2.61. The molecular weight excluding hydrogens is 436 g/mol. The van der Waals surface area contributed by atoms with Gasteiger partial charge in [-0.05, 0) is 30.9 Å². The molecule has 5 aliphatic rings. The van der Waals surface area contributed by atoms with Crippen LogP contribution in [0.2, 0.25) is 0 Å². The van der Waals surface area contributed by atoms with E-state index in [0.717, 1.165) is 0 Å². The third-order valence-electron chi connectivity index (χ3n) is 7.72. The van der Waals surface area contributed by atoms with Gasteiger partial charge in [-0.3, -0.25) is 4.79 Å². The highest BCUT2D eigenvalue weighted by atomic mass is 16.7. The Kier molecular flexibility index (Phi) is 4.09. The minimum atomic E-state index is -1.39. The van der Waals surface area contributed by atoms with Crippen molar-refractivity contribution < 1.29 is 47.6 Å². The maximum atomic E-state index is 12.9. The second kappa shape index (κ2) is 6.46. The lowest BCUT2D eigenvalue weighted by molar-refractivity contribution is -0.166. The predicted molar refractivity (Wildman–Crippen MR) is 106 cm³/mol. The van der Waals surface area contributed by atoms with E-state index >= 15 is 0 Å². The molecule has 0 spiro atoms. The summed E-state index contributed by atoms with van der Waals surface area (Å²) in [5.74, 6) is -2.14. The highest BCUT2D eigenvalue weighted by molar-refractivity contribution is 5.91. The number of carbonyl (C=O) groups excluding carboxylic acids is 3. The fraction of sp³-hybridized carbons (Fsp3) is 0.609. The van der Waals surface area contributed by atoms with Crippen LogP contribution in [-0.4, -0.2) is 65.7 Å². The van der Waals surface area contributed by atoms with Crippen molar-refractivity contribution in [2.24, 2.45) is 5.92 Å². The molecule has 1 saturated carbocycles. The van der Waals surface area contributed by atoms with Crippen molar-refractivity contribution in [3.8, 4) is 0 Å². The van der Waals surface area contributed by atoms with Crippen molar-refractivity contribution in [1.29, 1.82) is 0 Å². The second-order valence-electron chi connectivity index (χ2n) is 9.69. The Morgan fingerprint density at radius 3 is 2.73 bits per heavy atom. The van der Waals surface area contributed by atoms with Crippen molar-refractivity contribution in [3.63, 3.8) is 0 Å². The fourth-order valence-electron chi connectivity index (χ4n) is 5.89. The van der Waals surface area contributed by atoms with E-state index in [2.05, 4.69) is 6.58 Å². The molecule has 1 aromatic heterocycles. The molecule has 5 heterocycles. The maximum Gasteiger partial charge on any atom is 0.345 e. The molecule has 4 bridgehead atoms. The predicted octanol–water partition coefficient (Wildman–Crippen LogP) is 1.32. The SMILES string of the molecule is C=C1[C@H](O)C2c3oc(cc3C(=O)OC)[C@H]3O[C@]3(C)C[C@@H]3OC(=O)C4(OC34)[C@H](OC(C)=O)C[C@@H]12. The number of ether oxygens (including phenoxy) is 5. The summed E-state index contributed by atoms with van der Waals surface area (Å²) in [6.07, 6.45) is -3.05. The lowest BCUT2D eigenvalue weighted by Crippen LogP contribution is -2.48. The van der Waals surface area contributed by atoms with E-state index in [4.69, 9.17) is 28.1 Å². The number of aliphatic hydroxyl groups is 1. The van der Waals surface area contributed by atoms with E-state index in [1.54, 1.807) is 6.07 Å². The van der Waals surface area contributed by atoms with Gasteiger partial charge in [-0.2, -0.15) is 0 Å². The molecule has 10 nitrogen and oxygen atoms in total. The number of carbonyl (C=O) groups is 3. The van der Waals surface area contributed by atoms with Crippen molar-refractivity contribution in [3.05, 3.63) is 35.3 Å². The molecule has 4 aliphatic heterocycles. The van der Waals surface area contributed by atoms with Gasteiger partial charge in [0.2, 0.25) is 5.60 Å². The first-order chi connectivity index (χ1) is 15.6. The van der Waals surface area contributed by atoms with Gasteiger partial charge in [0.15, 0.2) is 0 Å². The lowest BCUT2D eigenvalue weighted by atomic mass is 9.62. The van der Waals surface area contributed by atoms with Gasteiger partial charge >= 0.3 is 17.9 Å². The zero-order chi connectivity index (χ0) is 23.4. The van der Waals surface area contributed by atoms with E-state index in [1.165, 1.54) is 14.0 Å². The van der Waals surface area contributed by atoms with Crippen LogP contribution in [0.5, 0.6) is 0 Å². The Balaban J connectivity index is 1.47. The smallest absolute Gasteiger partial charge is 0.345 e. The van der Waals surface area contributed by atoms with Crippen LogP contribution in [-0.2, 0) is 33.3 Å². The first-order valence-electron chi connectivity index (χ1n) is 10.9. The van der Waals surface area contributed by atoms with E-state index < -0.39 is 71.5 Å². The first-order valence-corrected chi connectivity index (χ1v) is 10.9. The number of methoxy groups -OCH3 is 1. The van der Waals surface area contributed by atoms with Crippen LogP contribution in [0.25, 0.3) is 0 Å². The summed E-state index contributed by atoms with van der Waals surface area (Å²) in [4.78, 5) is 37.4. The topological polar surface area (TPSA) is 137 Å². The molecule has 6 rings (SSSR count). The van der Waals surface area contributed by atoms with E-state index in [9.17, 15) is 19.5 Å². The number of hydrogen-bond donors (Lipinski definition) is 1. The summed E-state index contributed by atoms with van der Waals surface area (Å²) in [6.45, 7) is 7.08. The van der Waals surface area contributed by atoms with Gasteiger partial charge in [0.05, 0.1) is 19.1 Å². The van der Waals surface area contributed by atoms with Crippen LogP contribution in [0.4, 0.5) is 0 Å². The number of rotatable bonds is 2. The molecule has 9 atom stereocenters. The number of hydrogen-bond acceptors (Lipinski definition) is 10. The Bertz CT molecular complexity index is 1100. The quantitative estimate of drug-likeness (QED) is 0.298. The van der Waals surface area contributed by atoms with Gasteiger partial charge in [0.1, 0.15) is 47.1 Å². The third-order valence-corrected chi connectivity index (χ3v) is 7.72. The summed E-state index contributed by atoms with van der Waals surface area (Å²) in [5.41, 5.74) is -1.41. The minimum absolute atomic E-state index is 0.145. The van der Waals surface area contributed by atoms with Gasteiger partial charge in [0, 0.05) is 13.3 Å². The number of epoxide rings is 2. The van der Waals surface area contributed by atoms with Crippen molar-refractivity contribution >= 4 is 17.9 Å². The molecule has 4 fully saturated rings. The van der Waals surface area contributed by atoms with E-state index in [1.807, 2.05) is 6.92 Å². The van der Waals surface area contributed by atoms with Crippen molar-refractivity contribution in [2.75, 3.05) is 7.11 Å². The van der Waals surface area contributed by atoms with Crippen LogP contribution < -0.4 is 0 Å². The molecule has 176 valence electrons. The van der Waals surface area contributed by atoms with Crippen molar-refractivity contribution in [2.45, 2.75) is 74.3 Å².